The average Bonchev–Trinajstić information content (AvgIpc) is 3.05. The Morgan fingerprint density at radius 1 is 0.452 bits per heavy atom. The largest absolute Gasteiger partial charge is 0.275 e. The molecule has 0 bridgehead atoms. The molecule has 0 radical (unpaired) electrons. The van der Waals surface area contributed by atoms with Crippen LogP contribution in [0.15, 0.2) is 150 Å². The maximum atomic E-state index is 15.1. The van der Waals surface area contributed by atoms with Crippen LogP contribution in [0, 0.1) is 3.57 Å². The Bertz CT molecular complexity index is 2360. The minimum atomic E-state index is -0.00184. The molecule has 0 aliphatic heterocycles. The van der Waals surface area contributed by atoms with E-state index in [4.69, 9.17) is 0 Å². The summed E-state index contributed by atoms with van der Waals surface area (Å²) in [7, 11) is 0. The summed E-state index contributed by atoms with van der Waals surface area (Å²) in [5.41, 5.74) is 7.28. The fourth-order valence-corrected chi connectivity index (χ4v) is 7.48. The molecule has 2 nitrogen and oxygen atoms in total. The number of pyridine rings is 2. The Morgan fingerprint density at radius 2 is 0.905 bits per heavy atom. The first kappa shape index (κ1) is 25.0. The van der Waals surface area contributed by atoms with Crippen LogP contribution in [0.25, 0.3) is 71.3 Å². The lowest BCUT2D eigenvalue weighted by Crippen LogP contribution is -2.18. The number of hydrogen-bond donors (Lipinski definition) is 0. The van der Waals surface area contributed by atoms with Gasteiger partial charge in [-0.3, -0.25) is 9.20 Å². The number of rotatable bonds is 3. The number of benzene rings is 6. The van der Waals surface area contributed by atoms with Crippen LogP contribution in [0.2, 0.25) is 0 Å². The lowest BCUT2D eigenvalue weighted by molar-refractivity contribution is 1.14. The molecule has 0 spiro atoms. The van der Waals surface area contributed by atoms with Crippen LogP contribution in [-0.2, 0) is 0 Å². The monoisotopic (exact) mass is 649 g/mol. The molecule has 0 unspecified atom stereocenters. The van der Waals surface area contributed by atoms with Crippen molar-refractivity contribution in [2.45, 2.75) is 0 Å². The summed E-state index contributed by atoms with van der Waals surface area (Å²) < 4.78 is 3.05. The van der Waals surface area contributed by atoms with Crippen molar-refractivity contribution in [3.8, 4) is 33.5 Å². The topological polar surface area (TPSA) is 21.5 Å². The van der Waals surface area contributed by atoms with Crippen LogP contribution in [0.4, 0.5) is 0 Å². The average molecular weight is 650 g/mol. The first-order chi connectivity index (χ1) is 20.7. The zero-order valence-corrected chi connectivity index (χ0v) is 24.7. The molecule has 0 N–H and O–H groups in total. The minimum Gasteiger partial charge on any atom is -0.275 e. The standard InChI is InChI=1S/C39H24INO/c40-37-32-24-33-28-20-10-11-21-29(28)35(26-16-6-2-7-17-26)38(27-18-8-3-9-19-27)41(33)39(42)36(32)31-23-13-12-22-30(31)34(37)25-14-4-1-5-15-25/h1-24H. The fraction of sp³-hybridized carbons (Fsp3) is 0. The van der Waals surface area contributed by atoms with Gasteiger partial charge in [0.25, 0.3) is 5.56 Å². The molecule has 0 aliphatic carbocycles. The van der Waals surface area contributed by atoms with Crippen molar-refractivity contribution in [3.05, 3.63) is 160 Å². The molecule has 0 fully saturated rings. The van der Waals surface area contributed by atoms with Crippen LogP contribution in [0.3, 0.4) is 0 Å². The first-order valence-corrected chi connectivity index (χ1v) is 15.1. The van der Waals surface area contributed by atoms with Gasteiger partial charge in [-0.05, 0) is 61.5 Å². The molecule has 0 aliphatic rings. The van der Waals surface area contributed by atoms with Crippen molar-refractivity contribution >= 4 is 60.4 Å². The first-order valence-electron chi connectivity index (χ1n) is 14.0. The summed E-state index contributed by atoms with van der Waals surface area (Å²) in [6.07, 6.45) is 0. The molecule has 3 heteroatoms. The van der Waals surface area contributed by atoms with Crippen LogP contribution >= 0.6 is 22.6 Å². The van der Waals surface area contributed by atoms with Gasteiger partial charge in [0.1, 0.15) is 0 Å². The van der Waals surface area contributed by atoms with E-state index in [1.54, 1.807) is 0 Å². The normalized spacial score (nSPS) is 11.5. The molecule has 6 aromatic carbocycles. The van der Waals surface area contributed by atoms with Crippen molar-refractivity contribution in [1.29, 1.82) is 0 Å². The molecule has 8 aromatic rings. The Hall–Kier alpha value is -4.74. The third-order valence-corrected chi connectivity index (χ3v) is 9.36. The number of nitrogens with zero attached hydrogens (tertiary/aromatic N) is 1. The van der Waals surface area contributed by atoms with Gasteiger partial charge in [-0.2, -0.15) is 0 Å². The summed E-state index contributed by atoms with van der Waals surface area (Å²) in [5.74, 6) is 0. The number of aromatic nitrogens is 1. The molecule has 0 amide bonds. The lowest BCUT2D eigenvalue weighted by Gasteiger charge is -2.21. The third kappa shape index (κ3) is 3.74. The van der Waals surface area contributed by atoms with E-state index in [-0.39, 0.29) is 5.56 Å². The van der Waals surface area contributed by atoms with Crippen LogP contribution < -0.4 is 5.56 Å². The molecule has 2 aromatic heterocycles. The van der Waals surface area contributed by atoms with Gasteiger partial charge in [-0.15, -0.1) is 0 Å². The molecule has 198 valence electrons. The van der Waals surface area contributed by atoms with E-state index >= 15 is 4.79 Å². The van der Waals surface area contributed by atoms with Crippen molar-refractivity contribution in [2.24, 2.45) is 0 Å². The number of hydrogen-bond acceptors (Lipinski definition) is 1. The van der Waals surface area contributed by atoms with Gasteiger partial charge >= 0.3 is 0 Å². The lowest BCUT2D eigenvalue weighted by atomic mass is 9.90. The quantitative estimate of drug-likeness (QED) is 0.106. The van der Waals surface area contributed by atoms with Gasteiger partial charge in [-0.1, -0.05) is 140 Å². The molecule has 0 atom stereocenters. The maximum Gasteiger partial charge on any atom is 0.264 e. The second-order valence-corrected chi connectivity index (χ2v) is 11.6. The van der Waals surface area contributed by atoms with Crippen molar-refractivity contribution in [1.82, 2.24) is 4.40 Å². The summed E-state index contributed by atoms with van der Waals surface area (Å²) in [6, 6.07) is 50.3. The summed E-state index contributed by atoms with van der Waals surface area (Å²) >= 11 is 2.45. The van der Waals surface area contributed by atoms with E-state index in [1.165, 1.54) is 0 Å². The zero-order valence-electron chi connectivity index (χ0n) is 22.6. The summed E-state index contributed by atoms with van der Waals surface area (Å²) in [6.45, 7) is 0. The third-order valence-electron chi connectivity index (χ3n) is 8.23. The molecule has 8 rings (SSSR count). The van der Waals surface area contributed by atoms with Gasteiger partial charge < -0.3 is 0 Å². The van der Waals surface area contributed by atoms with E-state index in [2.05, 4.69) is 132 Å². The minimum absolute atomic E-state index is 0.00184. The van der Waals surface area contributed by atoms with Gasteiger partial charge in [0, 0.05) is 25.5 Å². The van der Waals surface area contributed by atoms with E-state index in [1.807, 2.05) is 40.8 Å². The second kappa shape index (κ2) is 9.97. The van der Waals surface area contributed by atoms with E-state index in [9.17, 15) is 0 Å². The predicted molar refractivity (Wildman–Crippen MR) is 185 cm³/mol. The Kier molecular flexibility index (Phi) is 5.93. The highest BCUT2D eigenvalue weighted by Crippen LogP contribution is 2.43. The molecular weight excluding hydrogens is 625 g/mol. The molecule has 0 saturated heterocycles. The highest BCUT2D eigenvalue weighted by atomic mass is 127. The van der Waals surface area contributed by atoms with Gasteiger partial charge in [-0.25, -0.2) is 0 Å². The molecule has 42 heavy (non-hydrogen) atoms. The number of fused-ring (bicyclic) bond motifs is 6. The van der Waals surface area contributed by atoms with E-state index in [0.29, 0.717) is 0 Å². The van der Waals surface area contributed by atoms with Crippen LogP contribution in [0.5, 0.6) is 0 Å². The predicted octanol–water partition coefficient (Wildman–Crippen LogP) is 10.4. The fourth-order valence-electron chi connectivity index (χ4n) is 6.45. The summed E-state index contributed by atoms with van der Waals surface area (Å²) in [5, 5.41) is 5.97. The molecular formula is C39H24INO. The van der Waals surface area contributed by atoms with Crippen molar-refractivity contribution in [3.63, 3.8) is 0 Å². The van der Waals surface area contributed by atoms with Gasteiger partial charge in [0.2, 0.25) is 0 Å². The SMILES string of the molecule is O=c1c2c(cc3c4ccccc4c(-c4ccccc4)c(-c4ccccc4)n13)c(I)c(-c1ccccc1)c1ccccc12. The Balaban J connectivity index is 1.67. The van der Waals surface area contributed by atoms with Gasteiger partial charge in [0.15, 0.2) is 0 Å². The highest BCUT2D eigenvalue weighted by molar-refractivity contribution is 14.1. The number of halogens is 1. The molecule has 0 saturated carbocycles. The van der Waals surface area contributed by atoms with Crippen molar-refractivity contribution in [2.75, 3.05) is 0 Å². The second-order valence-electron chi connectivity index (χ2n) is 10.6. The van der Waals surface area contributed by atoms with Crippen LogP contribution in [-0.4, -0.2) is 4.40 Å². The Morgan fingerprint density at radius 3 is 1.50 bits per heavy atom. The van der Waals surface area contributed by atoms with E-state index < -0.39 is 0 Å². The van der Waals surface area contributed by atoms with E-state index in [0.717, 1.165) is 74.9 Å². The highest BCUT2D eigenvalue weighted by Gasteiger charge is 2.23. The van der Waals surface area contributed by atoms with Crippen LogP contribution in [0.1, 0.15) is 0 Å². The molecule has 2 heterocycles. The Labute approximate surface area is 256 Å². The maximum absolute atomic E-state index is 15.1. The zero-order chi connectivity index (χ0) is 28.2. The van der Waals surface area contributed by atoms with Gasteiger partial charge in [0.05, 0.1) is 16.6 Å². The summed E-state index contributed by atoms with van der Waals surface area (Å²) in [4.78, 5) is 15.1. The van der Waals surface area contributed by atoms with Crippen molar-refractivity contribution < 1.29 is 0 Å². The smallest absolute Gasteiger partial charge is 0.264 e.